The molecule has 0 radical (unpaired) electrons. The average molecular weight is 524 g/mol. The van der Waals surface area contributed by atoms with Gasteiger partial charge in [0.05, 0.1) is 11.5 Å². The second kappa shape index (κ2) is 12.0. The largest absolute Gasteiger partial charge is 0.489 e. The molecular weight excluding hydrogens is 490 g/mol. The van der Waals surface area contributed by atoms with Crippen LogP contribution >= 0.6 is 0 Å². The molecule has 0 saturated carbocycles. The smallest absolute Gasteiger partial charge is 0.273 e. The van der Waals surface area contributed by atoms with E-state index in [1.807, 2.05) is 67.6 Å². The van der Waals surface area contributed by atoms with Gasteiger partial charge in [-0.2, -0.15) is 0 Å². The normalized spacial score (nSPS) is 12.2. The fourth-order valence-corrected chi connectivity index (χ4v) is 5.24. The zero-order valence-electron chi connectivity index (χ0n) is 22.4. The highest BCUT2D eigenvalue weighted by atomic mass is 16.6. The fourth-order valence-electron chi connectivity index (χ4n) is 5.24. The van der Waals surface area contributed by atoms with Gasteiger partial charge in [0.25, 0.3) is 5.69 Å². The van der Waals surface area contributed by atoms with Gasteiger partial charge < -0.3 is 14.2 Å². The summed E-state index contributed by atoms with van der Waals surface area (Å²) in [6.45, 7) is 4.88. The van der Waals surface area contributed by atoms with Crippen LogP contribution in [0.25, 0.3) is 0 Å². The quantitative estimate of drug-likeness (QED) is 0.147. The lowest BCUT2D eigenvalue weighted by Gasteiger charge is -2.21. The predicted molar refractivity (Wildman–Crippen MR) is 152 cm³/mol. The predicted octanol–water partition coefficient (Wildman–Crippen LogP) is 7.95. The Kier molecular flexibility index (Phi) is 8.11. The van der Waals surface area contributed by atoms with Crippen LogP contribution in [0.4, 0.5) is 5.69 Å². The van der Waals surface area contributed by atoms with Gasteiger partial charge in [-0.25, -0.2) is 0 Å². The van der Waals surface area contributed by atoms with Gasteiger partial charge >= 0.3 is 0 Å². The molecule has 5 rings (SSSR count). The van der Waals surface area contributed by atoms with Gasteiger partial charge in [-0.15, -0.1) is 0 Å². The number of aryl methyl sites for hydroxylation is 1. The van der Waals surface area contributed by atoms with E-state index in [0.717, 1.165) is 52.8 Å². The Labute approximate surface area is 229 Å². The van der Waals surface area contributed by atoms with E-state index in [4.69, 9.17) is 14.2 Å². The molecule has 4 aromatic carbocycles. The lowest BCUT2D eigenvalue weighted by Crippen LogP contribution is -2.07. The standard InChI is InChI=1S/C33H33NO5/c1-3-26-30(38-22-25-13-8-5-9-14-25)17-18-31(33(26)37-20-19-24-11-6-4-7-12-24)39-32-23(2)21-29(34(35)36)27-15-10-16-28(27)32/h4-9,11-14,17-18,21H,3,10,15-16,19-20,22H2,1-2H3. The van der Waals surface area contributed by atoms with Gasteiger partial charge in [0, 0.05) is 29.2 Å². The summed E-state index contributed by atoms with van der Waals surface area (Å²) in [5.74, 6) is 2.71. The summed E-state index contributed by atoms with van der Waals surface area (Å²) in [4.78, 5) is 11.4. The van der Waals surface area contributed by atoms with Crippen LogP contribution in [0.3, 0.4) is 0 Å². The number of ether oxygens (including phenoxy) is 3. The van der Waals surface area contributed by atoms with E-state index in [9.17, 15) is 10.1 Å². The first-order valence-corrected chi connectivity index (χ1v) is 13.5. The van der Waals surface area contributed by atoms with Crippen molar-refractivity contribution in [1.29, 1.82) is 0 Å². The molecule has 0 spiro atoms. The van der Waals surface area contributed by atoms with E-state index in [0.29, 0.717) is 43.3 Å². The molecule has 0 aromatic heterocycles. The topological polar surface area (TPSA) is 70.8 Å². The second-order valence-corrected chi connectivity index (χ2v) is 9.79. The van der Waals surface area contributed by atoms with Gasteiger partial charge in [0.1, 0.15) is 18.1 Å². The van der Waals surface area contributed by atoms with Gasteiger partial charge in [-0.3, -0.25) is 10.1 Å². The van der Waals surface area contributed by atoms with E-state index in [-0.39, 0.29) is 10.6 Å². The summed E-state index contributed by atoms with van der Waals surface area (Å²) >= 11 is 0. The minimum absolute atomic E-state index is 0.186. The maximum atomic E-state index is 11.7. The van der Waals surface area contributed by atoms with Crippen molar-refractivity contribution in [2.75, 3.05) is 6.61 Å². The molecule has 0 fully saturated rings. The monoisotopic (exact) mass is 523 g/mol. The number of hydrogen-bond acceptors (Lipinski definition) is 5. The lowest BCUT2D eigenvalue weighted by atomic mass is 10.0. The van der Waals surface area contributed by atoms with Crippen molar-refractivity contribution in [2.24, 2.45) is 0 Å². The Morgan fingerprint density at radius 3 is 2.18 bits per heavy atom. The van der Waals surface area contributed by atoms with Crippen LogP contribution in [0.15, 0.2) is 78.9 Å². The van der Waals surface area contributed by atoms with Crippen molar-refractivity contribution in [3.63, 3.8) is 0 Å². The molecule has 0 unspecified atom stereocenters. The van der Waals surface area contributed by atoms with E-state index in [1.165, 1.54) is 5.56 Å². The van der Waals surface area contributed by atoms with Gasteiger partial charge in [-0.1, -0.05) is 67.6 Å². The maximum Gasteiger partial charge on any atom is 0.273 e. The Hall–Kier alpha value is -4.32. The summed E-state index contributed by atoms with van der Waals surface area (Å²) in [5, 5.41) is 11.7. The number of nitro benzene ring substituents is 1. The summed E-state index contributed by atoms with van der Waals surface area (Å²) in [6, 6.07) is 25.8. The molecule has 1 aliphatic rings. The zero-order chi connectivity index (χ0) is 27.2. The highest BCUT2D eigenvalue weighted by Crippen LogP contribution is 2.45. The first kappa shape index (κ1) is 26.3. The first-order chi connectivity index (χ1) is 19.0. The summed E-state index contributed by atoms with van der Waals surface area (Å²) < 4.78 is 19.3. The SMILES string of the molecule is CCc1c(OCc2ccccc2)ccc(Oc2c(C)cc([N+](=O)[O-])c3c2CCC3)c1OCCc1ccccc1. The molecule has 4 aromatic rings. The third-order valence-electron chi connectivity index (χ3n) is 7.17. The number of hydrogen-bond donors (Lipinski definition) is 0. The molecule has 0 heterocycles. The number of nitro groups is 1. The first-order valence-electron chi connectivity index (χ1n) is 13.5. The molecule has 0 bridgehead atoms. The van der Waals surface area contributed by atoms with Crippen LogP contribution in [-0.4, -0.2) is 11.5 Å². The van der Waals surface area contributed by atoms with E-state index < -0.39 is 0 Å². The molecule has 0 amide bonds. The van der Waals surface area contributed by atoms with Gasteiger partial charge in [0.15, 0.2) is 11.5 Å². The van der Waals surface area contributed by atoms with Crippen LogP contribution in [0.2, 0.25) is 0 Å². The van der Waals surface area contributed by atoms with Crippen LogP contribution in [0.5, 0.6) is 23.0 Å². The summed E-state index contributed by atoms with van der Waals surface area (Å²) in [5.41, 5.74) is 5.87. The molecule has 1 aliphatic carbocycles. The Balaban J connectivity index is 1.49. The van der Waals surface area contributed by atoms with Crippen LogP contribution in [0.1, 0.15) is 46.7 Å². The third-order valence-corrected chi connectivity index (χ3v) is 7.17. The number of nitrogens with zero attached hydrogens (tertiary/aromatic N) is 1. The lowest BCUT2D eigenvalue weighted by molar-refractivity contribution is -0.385. The highest BCUT2D eigenvalue weighted by Gasteiger charge is 2.28. The fraction of sp³-hybridized carbons (Fsp3) is 0.273. The molecule has 0 aliphatic heterocycles. The van der Waals surface area contributed by atoms with Crippen molar-refractivity contribution in [1.82, 2.24) is 0 Å². The second-order valence-electron chi connectivity index (χ2n) is 9.79. The molecule has 0 saturated heterocycles. The number of rotatable bonds is 11. The van der Waals surface area contributed by atoms with Gasteiger partial charge in [0.2, 0.25) is 0 Å². The summed E-state index contributed by atoms with van der Waals surface area (Å²) in [6.07, 6.45) is 3.78. The third kappa shape index (κ3) is 5.90. The molecule has 39 heavy (non-hydrogen) atoms. The van der Waals surface area contributed by atoms with E-state index >= 15 is 0 Å². The number of fused-ring (bicyclic) bond motifs is 1. The average Bonchev–Trinajstić information content (AvgIpc) is 3.45. The molecule has 6 nitrogen and oxygen atoms in total. The van der Waals surface area contributed by atoms with Crippen molar-refractivity contribution in [2.45, 2.75) is 52.6 Å². The zero-order valence-corrected chi connectivity index (χ0v) is 22.4. The highest BCUT2D eigenvalue weighted by molar-refractivity contribution is 5.61. The molecule has 0 atom stereocenters. The van der Waals surface area contributed by atoms with Crippen LogP contribution in [-0.2, 0) is 32.3 Å². The summed E-state index contributed by atoms with van der Waals surface area (Å²) in [7, 11) is 0. The molecule has 6 heteroatoms. The molecule has 200 valence electrons. The van der Waals surface area contributed by atoms with Crippen molar-refractivity contribution in [3.05, 3.63) is 122 Å². The van der Waals surface area contributed by atoms with Crippen molar-refractivity contribution < 1.29 is 19.1 Å². The minimum Gasteiger partial charge on any atom is -0.489 e. The Morgan fingerprint density at radius 1 is 0.821 bits per heavy atom. The van der Waals surface area contributed by atoms with E-state index in [1.54, 1.807) is 6.07 Å². The van der Waals surface area contributed by atoms with Crippen LogP contribution in [0, 0.1) is 17.0 Å². The maximum absolute atomic E-state index is 11.7. The number of benzene rings is 4. The molecular formula is C33H33NO5. The van der Waals surface area contributed by atoms with Gasteiger partial charge in [-0.05, 0) is 61.4 Å². The molecule has 0 N–H and O–H groups in total. The van der Waals surface area contributed by atoms with E-state index in [2.05, 4.69) is 19.1 Å². The Bertz CT molecular complexity index is 1450. The Morgan fingerprint density at radius 2 is 1.49 bits per heavy atom. The minimum atomic E-state index is -0.285. The van der Waals surface area contributed by atoms with Crippen molar-refractivity contribution >= 4 is 5.69 Å². The van der Waals surface area contributed by atoms with Crippen molar-refractivity contribution in [3.8, 4) is 23.0 Å². The van der Waals surface area contributed by atoms with Crippen LogP contribution < -0.4 is 14.2 Å².